The number of carbonyl (C=O) groups is 2. The first-order chi connectivity index (χ1) is 9.04. The third-order valence-electron chi connectivity index (χ3n) is 3.32. The molecule has 0 saturated heterocycles. The Bertz CT molecular complexity index is 491. The number of hydrogen-bond acceptors (Lipinski definition) is 4. The van der Waals surface area contributed by atoms with Crippen LogP contribution in [0.3, 0.4) is 0 Å². The molecular formula is C13H19N3O3. The lowest BCUT2D eigenvalue weighted by molar-refractivity contribution is -0.144. The third-order valence-corrected chi connectivity index (χ3v) is 3.32. The quantitative estimate of drug-likeness (QED) is 0.742. The Hall–Kier alpha value is -1.85. The maximum absolute atomic E-state index is 12.5. The summed E-state index contributed by atoms with van der Waals surface area (Å²) in [5.41, 5.74) is 1.36. The van der Waals surface area contributed by atoms with Crippen LogP contribution in [0.2, 0.25) is 0 Å². The summed E-state index contributed by atoms with van der Waals surface area (Å²) in [5.74, 6) is -0.495. The predicted octanol–water partition coefficient (Wildman–Crippen LogP) is 0.896. The zero-order valence-corrected chi connectivity index (χ0v) is 11.5. The van der Waals surface area contributed by atoms with E-state index in [1.165, 1.54) is 0 Å². The van der Waals surface area contributed by atoms with Gasteiger partial charge in [-0.15, -0.1) is 0 Å². The second-order valence-corrected chi connectivity index (χ2v) is 4.74. The molecule has 6 nitrogen and oxygen atoms in total. The van der Waals surface area contributed by atoms with E-state index < -0.39 is 0 Å². The molecule has 1 fully saturated rings. The number of rotatable bonds is 5. The van der Waals surface area contributed by atoms with Crippen LogP contribution in [0, 0.1) is 6.92 Å². The van der Waals surface area contributed by atoms with Gasteiger partial charge in [0.05, 0.1) is 18.4 Å². The molecule has 0 radical (unpaired) electrons. The van der Waals surface area contributed by atoms with Gasteiger partial charge in [0.2, 0.25) is 0 Å². The van der Waals surface area contributed by atoms with Crippen LogP contribution in [-0.2, 0) is 16.6 Å². The van der Waals surface area contributed by atoms with Crippen molar-refractivity contribution in [3.63, 3.8) is 0 Å². The number of hydrogen-bond donors (Lipinski definition) is 0. The van der Waals surface area contributed by atoms with Crippen LogP contribution in [0.4, 0.5) is 0 Å². The van der Waals surface area contributed by atoms with E-state index >= 15 is 0 Å². The van der Waals surface area contributed by atoms with E-state index in [0.29, 0.717) is 12.2 Å². The van der Waals surface area contributed by atoms with Gasteiger partial charge in [0, 0.05) is 18.8 Å². The van der Waals surface area contributed by atoms with Gasteiger partial charge >= 0.3 is 5.97 Å². The van der Waals surface area contributed by atoms with E-state index in [0.717, 1.165) is 18.5 Å². The molecule has 1 amide bonds. The summed E-state index contributed by atoms with van der Waals surface area (Å²) >= 11 is 0. The summed E-state index contributed by atoms with van der Waals surface area (Å²) in [6.07, 6.45) is 3.45. The number of nitrogens with zero attached hydrogens (tertiary/aromatic N) is 3. The minimum atomic E-state index is -0.357. The van der Waals surface area contributed by atoms with E-state index in [4.69, 9.17) is 4.74 Å². The first-order valence-corrected chi connectivity index (χ1v) is 6.49. The molecule has 0 N–H and O–H groups in total. The van der Waals surface area contributed by atoms with E-state index in [1.54, 1.807) is 29.7 Å². The van der Waals surface area contributed by atoms with Crippen LogP contribution in [0.15, 0.2) is 6.20 Å². The summed E-state index contributed by atoms with van der Waals surface area (Å²) in [6, 6.07) is 0.163. The molecule has 1 aliphatic rings. The first-order valence-electron chi connectivity index (χ1n) is 6.49. The number of aromatic nitrogens is 2. The number of amides is 1. The van der Waals surface area contributed by atoms with Crippen LogP contribution in [0.25, 0.3) is 0 Å². The Morgan fingerprint density at radius 2 is 2.21 bits per heavy atom. The van der Waals surface area contributed by atoms with Crippen molar-refractivity contribution in [2.24, 2.45) is 7.05 Å². The SMILES string of the molecule is CCOC(=O)CN(C(=O)c1cnn(C)c1C)C1CC1. The molecule has 6 heteroatoms. The highest BCUT2D eigenvalue weighted by molar-refractivity contribution is 5.97. The number of esters is 1. The number of ether oxygens (including phenoxy) is 1. The standard InChI is InChI=1S/C13H19N3O3/c1-4-19-12(17)8-16(10-5-6-10)13(18)11-7-14-15(3)9(11)2/h7,10H,4-6,8H2,1-3H3. The molecule has 1 saturated carbocycles. The van der Waals surface area contributed by atoms with Gasteiger partial charge in [0.25, 0.3) is 5.91 Å². The minimum Gasteiger partial charge on any atom is -0.465 e. The number of carbonyl (C=O) groups excluding carboxylic acids is 2. The van der Waals surface area contributed by atoms with Crippen LogP contribution in [0.5, 0.6) is 0 Å². The van der Waals surface area contributed by atoms with Crippen molar-refractivity contribution in [2.45, 2.75) is 32.7 Å². The molecule has 0 aliphatic heterocycles. The van der Waals surface area contributed by atoms with Gasteiger partial charge in [0.15, 0.2) is 0 Å². The van der Waals surface area contributed by atoms with Crippen LogP contribution in [0.1, 0.15) is 35.8 Å². The lowest BCUT2D eigenvalue weighted by Gasteiger charge is -2.21. The Kier molecular flexibility index (Phi) is 3.87. The van der Waals surface area contributed by atoms with E-state index in [1.807, 2.05) is 6.92 Å². The normalized spacial score (nSPS) is 14.3. The molecule has 104 valence electrons. The molecular weight excluding hydrogens is 246 g/mol. The molecule has 1 heterocycles. The van der Waals surface area contributed by atoms with Gasteiger partial charge < -0.3 is 9.64 Å². The topological polar surface area (TPSA) is 64.4 Å². The summed E-state index contributed by atoms with van der Waals surface area (Å²) < 4.78 is 6.57. The summed E-state index contributed by atoms with van der Waals surface area (Å²) in [6.45, 7) is 3.95. The molecule has 0 spiro atoms. The highest BCUT2D eigenvalue weighted by Crippen LogP contribution is 2.28. The van der Waals surface area contributed by atoms with E-state index in [9.17, 15) is 9.59 Å². The summed E-state index contributed by atoms with van der Waals surface area (Å²) in [5, 5.41) is 4.07. The molecule has 2 rings (SSSR count). The zero-order valence-electron chi connectivity index (χ0n) is 11.5. The minimum absolute atomic E-state index is 0.0195. The Balaban J connectivity index is 2.13. The van der Waals surface area contributed by atoms with E-state index in [2.05, 4.69) is 5.10 Å². The van der Waals surface area contributed by atoms with Gasteiger partial charge in [0.1, 0.15) is 6.54 Å². The average molecular weight is 265 g/mol. The van der Waals surface area contributed by atoms with Crippen molar-refractivity contribution >= 4 is 11.9 Å². The van der Waals surface area contributed by atoms with Crippen molar-refractivity contribution in [2.75, 3.05) is 13.2 Å². The average Bonchev–Trinajstić information content (AvgIpc) is 3.15. The molecule has 0 aromatic carbocycles. The molecule has 1 aliphatic carbocycles. The van der Waals surface area contributed by atoms with Crippen molar-refractivity contribution in [1.29, 1.82) is 0 Å². The van der Waals surface area contributed by atoms with E-state index in [-0.39, 0.29) is 24.5 Å². The lowest BCUT2D eigenvalue weighted by atomic mass is 10.2. The largest absolute Gasteiger partial charge is 0.465 e. The van der Waals surface area contributed by atoms with Crippen LogP contribution >= 0.6 is 0 Å². The van der Waals surface area contributed by atoms with Crippen molar-refractivity contribution in [3.8, 4) is 0 Å². The number of aryl methyl sites for hydroxylation is 1. The first kappa shape index (κ1) is 13.6. The van der Waals surface area contributed by atoms with Gasteiger partial charge in [-0.05, 0) is 26.7 Å². The summed E-state index contributed by atoms with van der Waals surface area (Å²) in [7, 11) is 1.79. The van der Waals surface area contributed by atoms with Crippen molar-refractivity contribution < 1.29 is 14.3 Å². The molecule has 1 aromatic heterocycles. The molecule has 0 unspecified atom stereocenters. The van der Waals surface area contributed by atoms with Gasteiger partial charge in [-0.1, -0.05) is 0 Å². The molecule has 19 heavy (non-hydrogen) atoms. The van der Waals surface area contributed by atoms with Crippen LogP contribution in [-0.4, -0.2) is 45.8 Å². The predicted molar refractivity (Wildman–Crippen MR) is 68.6 cm³/mol. The third kappa shape index (κ3) is 2.94. The molecule has 0 bridgehead atoms. The second-order valence-electron chi connectivity index (χ2n) is 4.74. The second kappa shape index (κ2) is 5.42. The van der Waals surface area contributed by atoms with Gasteiger partial charge in [-0.3, -0.25) is 14.3 Å². The maximum atomic E-state index is 12.5. The fraction of sp³-hybridized carbons (Fsp3) is 0.615. The van der Waals surface area contributed by atoms with Gasteiger partial charge in [-0.2, -0.15) is 5.10 Å². The Labute approximate surface area is 112 Å². The fourth-order valence-electron chi connectivity index (χ4n) is 1.96. The smallest absolute Gasteiger partial charge is 0.325 e. The zero-order chi connectivity index (χ0) is 14.0. The molecule has 1 aromatic rings. The summed E-state index contributed by atoms with van der Waals surface area (Å²) in [4.78, 5) is 25.6. The van der Waals surface area contributed by atoms with Crippen molar-refractivity contribution in [1.82, 2.24) is 14.7 Å². The van der Waals surface area contributed by atoms with Crippen LogP contribution < -0.4 is 0 Å². The highest BCUT2D eigenvalue weighted by atomic mass is 16.5. The monoisotopic (exact) mass is 265 g/mol. The molecule has 0 atom stereocenters. The Morgan fingerprint density at radius 1 is 1.53 bits per heavy atom. The Morgan fingerprint density at radius 3 is 2.68 bits per heavy atom. The lowest BCUT2D eigenvalue weighted by Crippen LogP contribution is -2.38. The fourth-order valence-corrected chi connectivity index (χ4v) is 1.96. The van der Waals surface area contributed by atoms with Crippen molar-refractivity contribution in [3.05, 3.63) is 17.5 Å². The highest BCUT2D eigenvalue weighted by Gasteiger charge is 2.35. The maximum Gasteiger partial charge on any atom is 0.325 e. The van der Waals surface area contributed by atoms with Gasteiger partial charge in [-0.25, -0.2) is 0 Å².